The quantitative estimate of drug-likeness (QED) is 0.909. The van der Waals surface area contributed by atoms with Gasteiger partial charge in [-0.05, 0) is 47.9 Å². The van der Waals surface area contributed by atoms with Crippen LogP contribution in [-0.4, -0.2) is 25.9 Å². The van der Waals surface area contributed by atoms with Crippen molar-refractivity contribution in [2.45, 2.75) is 19.3 Å². The second kappa shape index (κ2) is 6.35. The third kappa shape index (κ3) is 3.25. The van der Waals surface area contributed by atoms with Crippen LogP contribution in [0.3, 0.4) is 0 Å². The van der Waals surface area contributed by atoms with Crippen molar-refractivity contribution in [2.24, 2.45) is 0 Å². The number of benzene rings is 2. The lowest BCUT2D eigenvalue weighted by molar-refractivity contribution is -0.117. The van der Waals surface area contributed by atoms with Gasteiger partial charge < -0.3 is 15.5 Å². The molecule has 3 rings (SSSR count). The van der Waals surface area contributed by atoms with Crippen molar-refractivity contribution >= 4 is 28.9 Å². The van der Waals surface area contributed by atoms with Crippen LogP contribution in [0.2, 0.25) is 0 Å². The van der Waals surface area contributed by atoms with Gasteiger partial charge in [0.05, 0.1) is 5.92 Å². The third-order valence-electron chi connectivity index (χ3n) is 4.21. The van der Waals surface area contributed by atoms with Crippen molar-refractivity contribution < 1.29 is 9.59 Å². The molecule has 1 aliphatic heterocycles. The molecule has 0 aliphatic carbocycles. The fourth-order valence-corrected chi connectivity index (χ4v) is 2.98. The number of nitrogens with zero attached hydrogens (tertiary/aromatic N) is 1. The van der Waals surface area contributed by atoms with Gasteiger partial charge in [-0.1, -0.05) is 12.1 Å². The number of fused-ring (bicyclic) bond motifs is 1. The lowest BCUT2D eigenvalue weighted by Gasteiger charge is -2.14. The Hall–Kier alpha value is -2.82. The fraction of sp³-hybridized carbons (Fsp3) is 0.263. The topological polar surface area (TPSA) is 61.4 Å². The molecule has 1 heterocycles. The standard InChI is InChI=1S/C19H21N3O2/c1-12(23)20-14-6-9-18-16(11-14)17(19(24)21-18)10-13-4-7-15(8-5-13)22(2)3/h4-9,11,17H,10H2,1-3H3,(H,20,23)(H,21,24). The van der Waals surface area contributed by atoms with E-state index in [2.05, 4.69) is 34.9 Å². The number of hydrogen-bond donors (Lipinski definition) is 2. The molecule has 0 aromatic heterocycles. The van der Waals surface area contributed by atoms with Crippen molar-refractivity contribution in [3.8, 4) is 0 Å². The molecule has 24 heavy (non-hydrogen) atoms. The fourth-order valence-electron chi connectivity index (χ4n) is 2.98. The summed E-state index contributed by atoms with van der Waals surface area (Å²) in [4.78, 5) is 25.6. The smallest absolute Gasteiger partial charge is 0.232 e. The first kappa shape index (κ1) is 16.1. The molecule has 2 aromatic carbocycles. The van der Waals surface area contributed by atoms with E-state index in [4.69, 9.17) is 0 Å². The summed E-state index contributed by atoms with van der Waals surface area (Å²) in [6.07, 6.45) is 0.635. The number of hydrogen-bond acceptors (Lipinski definition) is 3. The minimum atomic E-state index is -0.237. The summed E-state index contributed by atoms with van der Waals surface area (Å²) in [5.41, 5.74) is 4.71. The normalized spacial score (nSPS) is 15.6. The molecule has 5 heteroatoms. The summed E-state index contributed by atoms with van der Waals surface area (Å²) < 4.78 is 0. The molecule has 1 aliphatic rings. The highest BCUT2D eigenvalue weighted by Crippen LogP contribution is 2.36. The Morgan fingerprint density at radius 1 is 1.17 bits per heavy atom. The average molecular weight is 323 g/mol. The minimum Gasteiger partial charge on any atom is -0.378 e. The molecule has 2 amide bonds. The van der Waals surface area contributed by atoms with Gasteiger partial charge in [-0.15, -0.1) is 0 Å². The Balaban J connectivity index is 1.84. The van der Waals surface area contributed by atoms with Gasteiger partial charge in [0.15, 0.2) is 0 Å². The van der Waals surface area contributed by atoms with Crippen LogP contribution < -0.4 is 15.5 Å². The van der Waals surface area contributed by atoms with E-state index in [1.165, 1.54) is 6.92 Å². The minimum absolute atomic E-state index is 0.00154. The second-order valence-corrected chi connectivity index (χ2v) is 6.29. The van der Waals surface area contributed by atoms with Gasteiger partial charge in [-0.2, -0.15) is 0 Å². The highest BCUT2D eigenvalue weighted by atomic mass is 16.2. The van der Waals surface area contributed by atoms with Crippen molar-refractivity contribution in [2.75, 3.05) is 29.6 Å². The van der Waals surface area contributed by atoms with Gasteiger partial charge in [-0.3, -0.25) is 9.59 Å². The van der Waals surface area contributed by atoms with E-state index in [0.717, 1.165) is 22.5 Å². The van der Waals surface area contributed by atoms with Crippen molar-refractivity contribution in [3.63, 3.8) is 0 Å². The van der Waals surface area contributed by atoms with E-state index in [0.29, 0.717) is 12.1 Å². The molecule has 2 aromatic rings. The zero-order valence-corrected chi connectivity index (χ0v) is 14.1. The predicted octanol–water partition coefficient (Wildman–Crippen LogP) is 2.99. The maximum Gasteiger partial charge on any atom is 0.232 e. The Kier molecular flexibility index (Phi) is 4.25. The van der Waals surface area contributed by atoms with Crippen LogP contribution in [0.5, 0.6) is 0 Å². The van der Waals surface area contributed by atoms with E-state index in [1.807, 2.05) is 31.1 Å². The molecule has 124 valence electrons. The number of carbonyl (C=O) groups excluding carboxylic acids is 2. The van der Waals surface area contributed by atoms with Gasteiger partial charge in [0.1, 0.15) is 0 Å². The Bertz CT molecular complexity index is 782. The zero-order chi connectivity index (χ0) is 17.3. The first-order valence-electron chi connectivity index (χ1n) is 7.92. The highest BCUT2D eigenvalue weighted by molar-refractivity contribution is 6.04. The van der Waals surface area contributed by atoms with E-state index >= 15 is 0 Å². The number of anilines is 3. The van der Waals surface area contributed by atoms with E-state index < -0.39 is 0 Å². The van der Waals surface area contributed by atoms with Gasteiger partial charge >= 0.3 is 0 Å². The molecular formula is C19H21N3O2. The molecule has 0 spiro atoms. The van der Waals surface area contributed by atoms with Gasteiger partial charge in [0.25, 0.3) is 0 Å². The van der Waals surface area contributed by atoms with Crippen LogP contribution in [-0.2, 0) is 16.0 Å². The summed E-state index contributed by atoms with van der Waals surface area (Å²) >= 11 is 0. The number of rotatable bonds is 4. The Morgan fingerprint density at radius 2 is 1.88 bits per heavy atom. The van der Waals surface area contributed by atoms with Crippen LogP contribution >= 0.6 is 0 Å². The number of amides is 2. The lowest BCUT2D eigenvalue weighted by Crippen LogP contribution is -2.14. The molecule has 0 bridgehead atoms. The van der Waals surface area contributed by atoms with Crippen LogP contribution in [0.15, 0.2) is 42.5 Å². The summed E-state index contributed by atoms with van der Waals surface area (Å²) in [6, 6.07) is 13.7. The van der Waals surface area contributed by atoms with Crippen LogP contribution in [0, 0.1) is 0 Å². The number of nitrogens with one attached hydrogen (secondary N) is 2. The first-order chi connectivity index (χ1) is 11.4. The van der Waals surface area contributed by atoms with Crippen molar-refractivity contribution in [3.05, 3.63) is 53.6 Å². The largest absolute Gasteiger partial charge is 0.378 e. The van der Waals surface area contributed by atoms with Gasteiger partial charge in [0, 0.05) is 38.1 Å². The Morgan fingerprint density at radius 3 is 2.50 bits per heavy atom. The molecular weight excluding hydrogens is 302 g/mol. The molecule has 0 radical (unpaired) electrons. The van der Waals surface area contributed by atoms with E-state index in [-0.39, 0.29) is 17.7 Å². The SMILES string of the molecule is CC(=O)Nc1ccc2c(c1)C(Cc1ccc(N(C)C)cc1)C(=O)N2. The third-order valence-corrected chi connectivity index (χ3v) is 4.21. The molecule has 1 unspecified atom stereocenters. The second-order valence-electron chi connectivity index (χ2n) is 6.29. The first-order valence-corrected chi connectivity index (χ1v) is 7.92. The summed E-state index contributed by atoms with van der Waals surface area (Å²) in [5.74, 6) is -0.358. The summed E-state index contributed by atoms with van der Waals surface area (Å²) in [7, 11) is 4.00. The number of carbonyl (C=O) groups is 2. The van der Waals surface area contributed by atoms with Gasteiger partial charge in [-0.25, -0.2) is 0 Å². The molecule has 5 nitrogen and oxygen atoms in total. The monoisotopic (exact) mass is 323 g/mol. The summed E-state index contributed by atoms with van der Waals surface area (Å²) in [6.45, 7) is 1.47. The van der Waals surface area contributed by atoms with Crippen LogP contribution in [0.25, 0.3) is 0 Å². The maximum atomic E-state index is 12.3. The maximum absolute atomic E-state index is 12.3. The molecule has 1 atom stereocenters. The predicted molar refractivity (Wildman–Crippen MR) is 96.6 cm³/mol. The highest BCUT2D eigenvalue weighted by Gasteiger charge is 2.30. The average Bonchev–Trinajstić information content (AvgIpc) is 2.83. The van der Waals surface area contributed by atoms with Crippen molar-refractivity contribution in [1.29, 1.82) is 0 Å². The van der Waals surface area contributed by atoms with E-state index in [9.17, 15) is 9.59 Å². The van der Waals surface area contributed by atoms with Crippen molar-refractivity contribution in [1.82, 2.24) is 0 Å². The van der Waals surface area contributed by atoms with E-state index in [1.54, 1.807) is 6.07 Å². The van der Waals surface area contributed by atoms with Crippen LogP contribution in [0.4, 0.5) is 17.1 Å². The van der Waals surface area contributed by atoms with Crippen LogP contribution in [0.1, 0.15) is 24.0 Å². The lowest BCUT2D eigenvalue weighted by atomic mass is 9.93. The van der Waals surface area contributed by atoms with Gasteiger partial charge in [0.2, 0.25) is 11.8 Å². The molecule has 0 saturated carbocycles. The Labute approximate surface area is 141 Å². The molecule has 2 N–H and O–H groups in total. The molecule has 0 fully saturated rings. The summed E-state index contributed by atoms with van der Waals surface area (Å²) in [5, 5.41) is 5.69. The molecule has 0 saturated heterocycles. The zero-order valence-electron chi connectivity index (χ0n) is 14.1.